The first-order valence-electron chi connectivity index (χ1n) is 5.75. The zero-order valence-corrected chi connectivity index (χ0v) is 12.6. The molecule has 3 N–H and O–H groups in total. The maximum absolute atomic E-state index is 12.1. The van der Waals surface area contributed by atoms with Gasteiger partial charge in [-0.2, -0.15) is 0 Å². The maximum atomic E-state index is 12.1. The smallest absolute Gasteiger partial charge is 0.304 e. The monoisotopic (exact) mass is 328 g/mol. The molecule has 0 saturated carbocycles. The highest BCUT2D eigenvalue weighted by molar-refractivity contribution is 7.91. The predicted molar refractivity (Wildman–Crippen MR) is 78.4 cm³/mol. The van der Waals surface area contributed by atoms with Gasteiger partial charge in [0.15, 0.2) is 5.00 Å². The molecule has 8 nitrogen and oxygen atoms in total. The summed E-state index contributed by atoms with van der Waals surface area (Å²) in [5, 5.41) is 10.5. The lowest BCUT2D eigenvalue weighted by atomic mass is 10.3. The SMILES string of the molecule is Cc1cccc(CNS(=O)(=O)c2cc([N+](=O)[O-])c(N)s2)n1. The van der Waals surface area contributed by atoms with Gasteiger partial charge >= 0.3 is 5.69 Å². The Bertz CT molecular complexity index is 785. The number of nitrogen functional groups attached to an aromatic ring is 1. The molecular formula is C11H12N4O4S2. The highest BCUT2D eigenvalue weighted by atomic mass is 32.2. The van der Waals surface area contributed by atoms with E-state index in [0.717, 1.165) is 11.8 Å². The highest BCUT2D eigenvalue weighted by Crippen LogP contribution is 2.34. The first-order chi connectivity index (χ1) is 9.79. The molecule has 2 aromatic heterocycles. The first kappa shape index (κ1) is 15.4. The van der Waals surface area contributed by atoms with E-state index in [9.17, 15) is 18.5 Å². The van der Waals surface area contributed by atoms with E-state index in [-0.39, 0.29) is 15.8 Å². The van der Waals surface area contributed by atoms with Crippen LogP contribution in [0.25, 0.3) is 0 Å². The third-order valence-electron chi connectivity index (χ3n) is 2.57. The van der Waals surface area contributed by atoms with Crippen LogP contribution in [0.15, 0.2) is 28.5 Å². The van der Waals surface area contributed by atoms with Crippen molar-refractivity contribution in [2.24, 2.45) is 0 Å². The molecule has 0 fully saturated rings. The molecule has 2 heterocycles. The summed E-state index contributed by atoms with van der Waals surface area (Å²) in [5.41, 5.74) is 6.35. The number of aryl methyl sites for hydroxylation is 1. The van der Waals surface area contributed by atoms with Gasteiger partial charge in [-0.15, -0.1) is 0 Å². The minimum absolute atomic E-state index is 0.00435. The minimum atomic E-state index is -3.86. The molecule has 0 saturated heterocycles. The lowest BCUT2D eigenvalue weighted by Gasteiger charge is -2.04. The van der Waals surface area contributed by atoms with Crippen LogP contribution in [0.1, 0.15) is 11.4 Å². The van der Waals surface area contributed by atoms with Crippen LogP contribution in [0, 0.1) is 17.0 Å². The Morgan fingerprint density at radius 2 is 2.19 bits per heavy atom. The second-order valence-corrected chi connectivity index (χ2v) is 7.24. The molecule has 0 aromatic carbocycles. The van der Waals surface area contributed by atoms with Crippen molar-refractivity contribution in [1.82, 2.24) is 9.71 Å². The van der Waals surface area contributed by atoms with E-state index in [2.05, 4.69) is 9.71 Å². The molecule has 0 aliphatic carbocycles. The number of sulfonamides is 1. The molecule has 10 heteroatoms. The van der Waals surface area contributed by atoms with Crippen molar-refractivity contribution in [3.05, 3.63) is 45.8 Å². The topological polar surface area (TPSA) is 128 Å². The molecule has 21 heavy (non-hydrogen) atoms. The molecule has 0 spiro atoms. The Morgan fingerprint density at radius 1 is 1.48 bits per heavy atom. The van der Waals surface area contributed by atoms with Gasteiger partial charge in [0.1, 0.15) is 4.21 Å². The number of nitrogens with two attached hydrogens (primary N) is 1. The summed E-state index contributed by atoms with van der Waals surface area (Å²) >= 11 is 0.653. The number of pyridine rings is 1. The van der Waals surface area contributed by atoms with Crippen molar-refractivity contribution in [1.29, 1.82) is 0 Å². The van der Waals surface area contributed by atoms with E-state index in [4.69, 9.17) is 5.73 Å². The Hall–Kier alpha value is -2.04. The Kier molecular flexibility index (Phi) is 4.21. The predicted octanol–water partition coefficient (Wildman–Crippen LogP) is 1.42. The van der Waals surface area contributed by atoms with Gasteiger partial charge in [0, 0.05) is 11.8 Å². The molecule has 112 valence electrons. The van der Waals surface area contributed by atoms with Crippen LogP contribution in [-0.2, 0) is 16.6 Å². The summed E-state index contributed by atoms with van der Waals surface area (Å²) in [7, 11) is -3.86. The Labute approximate surface area is 124 Å². The fraction of sp³-hybridized carbons (Fsp3) is 0.182. The molecule has 0 atom stereocenters. The average molecular weight is 328 g/mol. The van der Waals surface area contributed by atoms with Gasteiger partial charge in [0.25, 0.3) is 10.0 Å². The number of hydrogen-bond acceptors (Lipinski definition) is 7. The molecule has 0 aliphatic heterocycles. The second kappa shape index (κ2) is 5.76. The molecule has 0 bridgehead atoms. The van der Waals surface area contributed by atoms with Gasteiger partial charge in [0.05, 0.1) is 17.2 Å². The van der Waals surface area contributed by atoms with Crippen molar-refractivity contribution in [3.8, 4) is 0 Å². The number of aromatic nitrogens is 1. The van der Waals surface area contributed by atoms with E-state index in [1.54, 1.807) is 25.1 Å². The molecule has 0 aliphatic rings. The van der Waals surface area contributed by atoms with Gasteiger partial charge in [-0.25, -0.2) is 13.1 Å². The van der Waals surface area contributed by atoms with E-state index >= 15 is 0 Å². The van der Waals surface area contributed by atoms with Gasteiger partial charge in [-0.3, -0.25) is 15.1 Å². The first-order valence-corrected chi connectivity index (χ1v) is 8.05. The lowest BCUT2D eigenvalue weighted by Crippen LogP contribution is -2.23. The van der Waals surface area contributed by atoms with Crippen molar-refractivity contribution in [2.75, 3.05) is 5.73 Å². The minimum Gasteiger partial charge on any atom is -0.385 e. The molecule has 2 aromatic rings. The average Bonchev–Trinajstić information content (AvgIpc) is 2.80. The summed E-state index contributed by atoms with van der Waals surface area (Å²) in [6.07, 6.45) is 0. The van der Waals surface area contributed by atoms with E-state index in [0.29, 0.717) is 17.0 Å². The molecule has 0 unspecified atom stereocenters. The summed E-state index contributed by atoms with van der Waals surface area (Å²) in [4.78, 5) is 14.1. The lowest BCUT2D eigenvalue weighted by molar-refractivity contribution is -0.383. The number of rotatable bonds is 5. The largest absolute Gasteiger partial charge is 0.385 e. The zero-order valence-electron chi connectivity index (χ0n) is 10.9. The number of anilines is 1. The summed E-state index contributed by atoms with van der Waals surface area (Å²) < 4.78 is 26.3. The van der Waals surface area contributed by atoms with Crippen molar-refractivity contribution < 1.29 is 13.3 Å². The van der Waals surface area contributed by atoms with Crippen molar-refractivity contribution in [3.63, 3.8) is 0 Å². The molecular weight excluding hydrogens is 316 g/mol. The number of nitro groups is 1. The number of thiophene rings is 1. The van der Waals surface area contributed by atoms with E-state index in [1.165, 1.54) is 0 Å². The summed E-state index contributed by atoms with van der Waals surface area (Å²) in [6.45, 7) is 1.79. The Balaban J connectivity index is 2.19. The van der Waals surface area contributed by atoms with Gasteiger partial charge in [0.2, 0.25) is 0 Å². The van der Waals surface area contributed by atoms with Crippen LogP contribution in [0.4, 0.5) is 10.7 Å². The van der Waals surface area contributed by atoms with Crippen molar-refractivity contribution in [2.45, 2.75) is 17.7 Å². The fourth-order valence-corrected chi connectivity index (χ4v) is 3.84. The molecule has 2 rings (SSSR count). The fourth-order valence-electron chi connectivity index (χ4n) is 1.59. The Morgan fingerprint density at radius 3 is 2.76 bits per heavy atom. The van der Waals surface area contributed by atoms with Crippen molar-refractivity contribution >= 4 is 32.0 Å². The summed E-state index contributed by atoms with van der Waals surface area (Å²) in [5.74, 6) is 0. The van der Waals surface area contributed by atoms with Crippen LogP contribution in [0.5, 0.6) is 0 Å². The van der Waals surface area contributed by atoms with Crippen LogP contribution in [0.2, 0.25) is 0 Å². The highest BCUT2D eigenvalue weighted by Gasteiger charge is 2.24. The standard InChI is InChI=1S/C11H12N4O4S2/c1-7-3-2-4-8(14-7)6-13-21(18,19)10-5-9(15(16)17)11(12)20-10/h2-5,13H,6,12H2,1H3. The van der Waals surface area contributed by atoms with Gasteiger partial charge < -0.3 is 5.73 Å². The van der Waals surface area contributed by atoms with Crippen LogP contribution >= 0.6 is 11.3 Å². The second-order valence-electron chi connectivity index (χ2n) is 4.17. The van der Waals surface area contributed by atoms with E-state index < -0.39 is 20.6 Å². The molecule has 0 amide bonds. The molecule has 0 radical (unpaired) electrons. The number of hydrogen-bond donors (Lipinski definition) is 2. The normalized spacial score (nSPS) is 11.5. The maximum Gasteiger partial charge on any atom is 0.304 e. The van der Waals surface area contributed by atoms with E-state index in [1.807, 2.05) is 0 Å². The number of nitrogens with one attached hydrogen (secondary N) is 1. The van der Waals surface area contributed by atoms with Gasteiger partial charge in [-0.1, -0.05) is 17.4 Å². The summed E-state index contributed by atoms with van der Waals surface area (Å²) in [6, 6.07) is 6.19. The van der Waals surface area contributed by atoms with Gasteiger partial charge in [-0.05, 0) is 19.1 Å². The zero-order chi connectivity index (χ0) is 15.6. The quantitative estimate of drug-likeness (QED) is 0.631. The third kappa shape index (κ3) is 3.54. The third-order valence-corrected chi connectivity index (χ3v) is 5.40. The number of nitrogens with zero attached hydrogens (tertiary/aromatic N) is 2. The van der Waals surface area contributed by atoms with Crippen LogP contribution in [-0.4, -0.2) is 18.3 Å². The van der Waals surface area contributed by atoms with Crippen LogP contribution in [0.3, 0.4) is 0 Å². The van der Waals surface area contributed by atoms with Crippen LogP contribution < -0.4 is 10.5 Å².